The van der Waals surface area contributed by atoms with Crippen molar-refractivity contribution in [3.05, 3.63) is 54.1 Å². The van der Waals surface area contributed by atoms with Crippen LogP contribution in [0.1, 0.15) is 35.4 Å². The van der Waals surface area contributed by atoms with Gasteiger partial charge >= 0.3 is 0 Å². The van der Waals surface area contributed by atoms with Gasteiger partial charge < -0.3 is 5.32 Å². The molecule has 0 amide bonds. The van der Waals surface area contributed by atoms with Gasteiger partial charge in [0.25, 0.3) is 0 Å². The van der Waals surface area contributed by atoms with E-state index in [1.807, 2.05) is 19.9 Å². The summed E-state index contributed by atoms with van der Waals surface area (Å²) < 4.78 is 29.2. The summed E-state index contributed by atoms with van der Waals surface area (Å²) in [5.74, 6) is -0.874. The Hall–Kier alpha value is -0.300. The van der Waals surface area contributed by atoms with Gasteiger partial charge in [-0.3, -0.25) is 0 Å². The molecule has 0 aliphatic carbocycles. The van der Waals surface area contributed by atoms with Crippen molar-refractivity contribution in [2.24, 2.45) is 0 Å². The molecule has 0 bridgehead atoms. The lowest BCUT2D eigenvalue weighted by molar-refractivity contribution is 0.536. The van der Waals surface area contributed by atoms with Gasteiger partial charge in [0.05, 0.1) is 14.3 Å². The molecule has 1 unspecified atom stereocenters. The minimum Gasteiger partial charge on any atom is -0.306 e. The Morgan fingerprint density at radius 1 is 1.19 bits per heavy atom. The van der Waals surface area contributed by atoms with E-state index in [-0.39, 0.29) is 10.5 Å². The van der Waals surface area contributed by atoms with Gasteiger partial charge in [0.1, 0.15) is 11.6 Å². The van der Waals surface area contributed by atoms with Crippen LogP contribution < -0.4 is 5.32 Å². The average Bonchev–Trinajstić information content (AvgIpc) is 2.75. The van der Waals surface area contributed by atoms with E-state index in [1.54, 1.807) is 0 Å². The Labute approximate surface area is 144 Å². The molecule has 0 aliphatic heterocycles. The third-order valence-corrected chi connectivity index (χ3v) is 5.92. The number of benzene rings is 1. The summed E-state index contributed by atoms with van der Waals surface area (Å²) >= 11 is 8.04. The first-order valence-electron chi connectivity index (χ1n) is 6.57. The van der Waals surface area contributed by atoms with Crippen LogP contribution in [0, 0.1) is 18.6 Å². The zero-order chi connectivity index (χ0) is 15.6. The molecule has 0 saturated carbocycles. The highest BCUT2D eigenvalue weighted by molar-refractivity contribution is 9.11. The van der Waals surface area contributed by atoms with E-state index in [0.29, 0.717) is 5.56 Å². The predicted molar refractivity (Wildman–Crippen MR) is 91.0 cm³/mol. The summed E-state index contributed by atoms with van der Waals surface area (Å²) in [4.78, 5) is 0.966. The van der Waals surface area contributed by atoms with E-state index in [4.69, 9.17) is 0 Å². The van der Waals surface area contributed by atoms with Crippen LogP contribution in [0.25, 0.3) is 0 Å². The highest BCUT2D eigenvalue weighted by Gasteiger charge is 2.22. The summed E-state index contributed by atoms with van der Waals surface area (Å²) in [6, 6.07) is 4.10. The lowest BCUT2D eigenvalue weighted by Gasteiger charge is -2.19. The highest BCUT2D eigenvalue weighted by atomic mass is 79.9. The number of nitrogens with one attached hydrogen (secondary N) is 1. The molecule has 21 heavy (non-hydrogen) atoms. The maximum Gasteiger partial charge on any atom is 0.137 e. The zero-order valence-electron chi connectivity index (χ0n) is 11.6. The number of rotatable bonds is 5. The molecule has 2 aromatic rings. The number of hydrogen-bond acceptors (Lipinski definition) is 2. The Morgan fingerprint density at radius 3 is 2.48 bits per heavy atom. The molecule has 0 fully saturated rings. The molecule has 1 aromatic heterocycles. The fourth-order valence-electron chi connectivity index (χ4n) is 2.04. The quantitative estimate of drug-likeness (QED) is 0.568. The summed E-state index contributed by atoms with van der Waals surface area (Å²) in [5, 5.41) is 3.30. The van der Waals surface area contributed by atoms with E-state index >= 15 is 0 Å². The molecular formula is C15H15Br2F2NS. The van der Waals surface area contributed by atoms with E-state index in [0.717, 1.165) is 27.2 Å². The van der Waals surface area contributed by atoms with Crippen molar-refractivity contribution in [1.29, 1.82) is 0 Å². The summed E-state index contributed by atoms with van der Waals surface area (Å²) in [5.41, 5.74) is 1.43. The van der Waals surface area contributed by atoms with Gasteiger partial charge in [-0.05, 0) is 75.5 Å². The fourth-order valence-corrected chi connectivity index (χ4v) is 4.02. The zero-order valence-corrected chi connectivity index (χ0v) is 15.6. The first-order chi connectivity index (χ1) is 9.93. The van der Waals surface area contributed by atoms with Crippen LogP contribution in [0.2, 0.25) is 0 Å². The Bertz CT molecular complexity index is 623. The molecule has 0 aliphatic rings. The molecular weight excluding hydrogens is 424 g/mol. The molecule has 1 N–H and O–H groups in total. The summed E-state index contributed by atoms with van der Waals surface area (Å²) in [6.07, 6.45) is 0.919. The molecule has 0 radical (unpaired) electrons. The van der Waals surface area contributed by atoms with Gasteiger partial charge in [-0.15, -0.1) is 11.3 Å². The number of thiophene rings is 1. The average molecular weight is 439 g/mol. The van der Waals surface area contributed by atoms with Gasteiger partial charge in [-0.25, -0.2) is 8.78 Å². The van der Waals surface area contributed by atoms with E-state index in [2.05, 4.69) is 37.2 Å². The molecule has 0 saturated heterocycles. The van der Waals surface area contributed by atoms with Crippen LogP contribution in [0.3, 0.4) is 0 Å². The van der Waals surface area contributed by atoms with Crippen LogP contribution in [0.15, 0.2) is 26.5 Å². The lowest BCUT2D eigenvalue weighted by Crippen LogP contribution is -2.23. The molecule has 114 valence electrons. The molecule has 2 rings (SSSR count). The monoisotopic (exact) mass is 437 g/mol. The fraction of sp³-hybridized carbons (Fsp3) is 0.333. The van der Waals surface area contributed by atoms with Gasteiger partial charge in [0.2, 0.25) is 0 Å². The Kier molecular flexibility index (Phi) is 5.94. The van der Waals surface area contributed by atoms with Crippen LogP contribution >= 0.6 is 43.2 Å². The second-order valence-electron chi connectivity index (χ2n) is 4.78. The topological polar surface area (TPSA) is 12.0 Å². The van der Waals surface area contributed by atoms with Crippen LogP contribution in [-0.2, 0) is 0 Å². The molecule has 1 nitrogen and oxygen atoms in total. The lowest BCUT2D eigenvalue weighted by atomic mass is 10.0. The van der Waals surface area contributed by atoms with Gasteiger partial charge in [0, 0.05) is 10.4 Å². The summed E-state index contributed by atoms with van der Waals surface area (Å²) in [6.45, 7) is 4.76. The van der Waals surface area contributed by atoms with Gasteiger partial charge in [0.15, 0.2) is 0 Å². The van der Waals surface area contributed by atoms with Crippen molar-refractivity contribution < 1.29 is 8.78 Å². The third-order valence-electron chi connectivity index (χ3n) is 3.11. The largest absolute Gasteiger partial charge is 0.306 e. The van der Waals surface area contributed by atoms with Crippen LogP contribution in [0.5, 0.6) is 0 Å². The second-order valence-corrected chi connectivity index (χ2v) is 8.04. The molecule has 6 heteroatoms. The number of halogens is 4. The molecule has 0 spiro atoms. The summed E-state index contributed by atoms with van der Waals surface area (Å²) in [7, 11) is 0. The number of aryl methyl sites for hydroxylation is 1. The minimum atomic E-state index is -0.456. The third kappa shape index (κ3) is 3.92. The van der Waals surface area contributed by atoms with E-state index in [9.17, 15) is 8.78 Å². The maximum absolute atomic E-state index is 14.3. The Morgan fingerprint density at radius 2 is 1.90 bits per heavy atom. The van der Waals surface area contributed by atoms with E-state index in [1.165, 1.54) is 23.5 Å². The van der Waals surface area contributed by atoms with Crippen molar-refractivity contribution in [3.8, 4) is 0 Å². The second kappa shape index (κ2) is 7.31. The predicted octanol–water partition coefficient (Wildman–Crippen LogP) is 5.95. The normalized spacial score (nSPS) is 12.7. The molecule has 1 aromatic carbocycles. The van der Waals surface area contributed by atoms with Crippen molar-refractivity contribution in [2.75, 3.05) is 6.54 Å². The SMILES string of the molecule is CCCNC(c1cc(C)c(Br)s1)c1cc(F)c(Br)cc1F. The van der Waals surface area contributed by atoms with Crippen molar-refractivity contribution in [1.82, 2.24) is 5.32 Å². The van der Waals surface area contributed by atoms with Crippen molar-refractivity contribution in [2.45, 2.75) is 26.3 Å². The van der Waals surface area contributed by atoms with Crippen LogP contribution in [0.4, 0.5) is 8.78 Å². The van der Waals surface area contributed by atoms with Crippen molar-refractivity contribution in [3.63, 3.8) is 0 Å². The maximum atomic E-state index is 14.3. The standard InChI is InChI=1S/C15H15Br2F2NS/c1-3-4-20-14(13-5-8(2)15(17)21-13)9-6-12(19)10(16)7-11(9)18/h5-7,14,20H,3-4H2,1-2H3. The van der Waals surface area contributed by atoms with Gasteiger partial charge in [-0.1, -0.05) is 6.92 Å². The smallest absolute Gasteiger partial charge is 0.137 e. The van der Waals surface area contributed by atoms with Crippen molar-refractivity contribution >= 4 is 43.2 Å². The Balaban J connectivity index is 2.47. The van der Waals surface area contributed by atoms with Gasteiger partial charge in [-0.2, -0.15) is 0 Å². The van der Waals surface area contributed by atoms with Crippen LogP contribution in [-0.4, -0.2) is 6.54 Å². The van der Waals surface area contributed by atoms with E-state index < -0.39 is 11.6 Å². The molecule has 1 heterocycles. The molecule has 1 atom stereocenters. The minimum absolute atomic E-state index is 0.140. The highest BCUT2D eigenvalue weighted by Crippen LogP contribution is 2.36. The number of hydrogen-bond donors (Lipinski definition) is 1. The first kappa shape index (κ1) is 17.1. The first-order valence-corrected chi connectivity index (χ1v) is 8.98.